The predicted molar refractivity (Wildman–Crippen MR) is 76.6 cm³/mol. The standard InChI is InChI=1S/C15H25N3/c1-4-16-15-9-13(5-7-17-15)10-18-8-6-14(11-18)12(2)3/h5,7,9,12,14H,4,6,8,10-11H2,1-3H3,(H,16,17). The highest BCUT2D eigenvalue weighted by molar-refractivity contribution is 5.37. The third-order valence-electron chi connectivity index (χ3n) is 3.84. The molecule has 1 N–H and O–H groups in total. The van der Waals surface area contributed by atoms with Crippen LogP contribution >= 0.6 is 0 Å². The molecule has 1 aliphatic rings. The molecule has 1 saturated heterocycles. The summed E-state index contributed by atoms with van der Waals surface area (Å²) in [5.74, 6) is 2.68. The van der Waals surface area contributed by atoms with Crippen molar-refractivity contribution < 1.29 is 0 Å². The van der Waals surface area contributed by atoms with Gasteiger partial charge in [0.05, 0.1) is 0 Å². The lowest BCUT2D eigenvalue weighted by Crippen LogP contribution is -2.21. The van der Waals surface area contributed by atoms with Crippen LogP contribution in [0.4, 0.5) is 5.82 Å². The Morgan fingerprint density at radius 3 is 3.00 bits per heavy atom. The maximum atomic E-state index is 4.32. The van der Waals surface area contributed by atoms with Crippen LogP contribution in [0.1, 0.15) is 32.8 Å². The maximum Gasteiger partial charge on any atom is 0.126 e. The predicted octanol–water partition coefficient (Wildman–Crippen LogP) is 2.99. The normalized spacial score (nSPS) is 20.6. The minimum absolute atomic E-state index is 0.810. The van der Waals surface area contributed by atoms with Crippen molar-refractivity contribution in [2.75, 3.05) is 25.0 Å². The number of nitrogens with zero attached hydrogens (tertiary/aromatic N) is 2. The Labute approximate surface area is 111 Å². The summed E-state index contributed by atoms with van der Waals surface area (Å²) in [4.78, 5) is 6.88. The molecule has 3 heteroatoms. The number of aromatic nitrogens is 1. The fourth-order valence-corrected chi connectivity index (χ4v) is 2.66. The van der Waals surface area contributed by atoms with Gasteiger partial charge >= 0.3 is 0 Å². The van der Waals surface area contributed by atoms with Crippen molar-refractivity contribution >= 4 is 5.82 Å². The van der Waals surface area contributed by atoms with Gasteiger partial charge in [-0.3, -0.25) is 4.90 Å². The number of anilines is 1. The Morgan fingerprint density at radius 2 is 2.33 bits per heavy atom. The maximum absolute atomic E-state index is 4.32. The van der Waals surface area contributed by atoms with E-state index in [0.717, 1.165) is 30.7 Å². The quantitative estimate of drug-likeness (QED) is 0.867. The Balaban J connectivity index is 1.92. The van der Waals surface area contributed by atoms with Crippen molar-refractivity contribution in [3.05, 3.63) is 23.9 Å². The Bertz CT molecular complexity index is 376. The van der Waals surface area contributed by atoms with Crippen LogP contribution in [0.2, 0.25) is 0 Å². The van der Waals surface area contributed by atoms with Gasteiger partial charge in [0.25, 0.3) is 0 Å². The fourth-order valence-electron chi connectivity index (χ4n) is 2.66. The first-order valence-electron chi connectivity index (χ1n) is 7.10. The van der Waals surface area contributed by atoms with Crippen LogP contribution in [0.15, 0.2) is 18.3 Å². The van der Waals surface area contributed by atoms with Crippen LogP contribution in [0.3, 0.4) is 0 Å². The van der Waals surface area contributed by atoms with Gasteiger partial charge in [0, 0.05) is 25.8 Å². The summed E-state index contributed by atoms with van der Waals surface area (Å²) < 4.78 is 0. The molecule has 3 nitrogen and oxygen atoms in total. The fraction of sp³-hybridized carbons (Fsp3) is 0.667. The number of likely N-dealkylation sites (tertiary alicyclic amines) is 1. The van der Waals surface area contributed by atoms with E-state index in [9.17, 15) is 0 Å². The summed E-state index contributed by atoms with van der Waals surface area (Å²) in [7, 11) is 0. The molecule has 0 saturated carbocycles. The smallest absolute Gasteiger partial charge is 0.126 e. The topological polar surface area (TPSA) is 28.2 Å². The highest BCUT2D eigenvalue weighted by atomic mass is 15.1. The summed E-state index contributed by atoms with van der Waals surface area (Å²) in [6.07, 6.45) is 3.26. The molecule has 1 aliphatic heterocycles. The van der Waals surface area contributed by atoms with Crippen LogP contribution < -0.4 is 5.32 Å². The van der Waals surface area contributed by atoms with E-state index < -0.39 is 0 Å². The number of nitrogens with one attached hydrogen (secondary N) is 1. The molecule has 0 spiro atoms. The molecular weight excluding hydrogens is 222 g/mol. The molecule has 1 unspecified atom stereocenters. The summed E-state index contributed by atoms with van der Waals surface area (Å²) in [5, 5.41) is 3.27. The van der Waals surface area contributed by atoms with Gasteiger partial charge in [-0.1, -0.05) is 13.8 Å². The minimum atomic E-state index is 0.810. The SMILES string of the molecule is CCNc1cc(CN2CCC(C(C)C)C2)ccn1. The van der Waals surface area contributed by atoms with Gasteiger partial charge < -0.3 is 5.32 Å². The van der Waals surface area contributed by atoms with Crippen molar-refractivity contribution in [3.63, 3.8) is 0 Å². The van der Waals surface area contributed by atoms with E-state index in [4.69, 9.17) is 0 Å². The van der Waals surface area contributed by atoms with E-state index in [0.29, 0.717) is 0 Å². The number of rotatable bonds is 5. The third-order valence-corrected chi connectivity index (χ3v) is 3.84. The lowest BCUT2D eigenvalue weighted by molar-refractivity contribution is 0.297. The van der Waals surface area contributed by atoms with Gasteiger partial charge in [-0.15, -0.1) is 0 Å². The van der Waals surface area contributed by atoms with Crippen LogP contribution in [-0.4, -0.2) is 29.5 Å². The second kappa shape index (κ2) is 6.19. The van der Waals surface area contributed by atoms with Crippen molar-refractivity contribution in [1.29, 1.82) is 0 Å². The summed E-state index contributed by atoms with van der Waals surface area (Å²) >= 11 is 0. The lowest BCUT2D eigenvalue weighted by atomic mass is 9.95. The van der Waals surface area contributed by atoms with E-state index in [1.807, 2.05) is 6.20 Å². The molecule has 2 heterocycles. The Morgan fingerprint density at radius 1 is 1.50 bits per heavy atom. The van der Waals surface area contributed by atoms with E-state index in [-0.39, 0.29) is 0 Å². The first-order valence-corrected chi connectivity index (χ1v) is 7.10. The first-order chi connectivity index (χ1) is 8.69. The van der Waals surface area contributed by atoms with Crippen molar-refractivity contribution in [3.8, 4) is 0 Å². The van der Waals surface area contributed by atoms with Crippen LogP contribution in [0.25, 0.3) is 0 Å². The van der Waals surface area contributed by atoms with Crippen molar-refractivity contribution in [2.24, 2.45) is 11.8 Å². The molecule has 2 rings (SSSR count). The first kappa shape index (κ1) is 13.3. The van der Waals surface area contributed by atoms with Crippen molar-refractivity contribution in [1.82, 2.24) is 9.88 Å². The van der Waals surface area contributed by atoms with Gasteiger partial charge in [0.2, 0.25) is 0 Å². The van der Waals surface area contributed by atoms with E-state index >= 15 is 0 Å². The van der Waals surface area contributed by atoms with E-state index in [1.54, 1.807) is 0 Å². The second-order valence-electron chi connectivity index (χ2n) is 5.61. The van der Waals surface area contributed by atoms with Crippen LogP contribution in [-0.2, 0) is 6.54 Å². The second-order valence-corrected chi connectivity index (χ2v) is 5.61. The summed E-state index contributed by atoms with van der Waals surface area (Å²) in [6, 6.07) is 4.30. The molecule has 18 heavy (non-hydrogen) atoms. The van der Waals surface area contributed by atoms with Gasteiger partial charge in [-0.2, -0.15) is 0 Å². The highest BCUT2D eigenvalue weighted by Gasteiger charge is 2.24. The number of hydrogen-bond donors (Lipinski definition) is 1. The zero-order valence-corrected chi connectivity index (χ0v) is 11.8. The monoisotopic (exact) mass is 247 g/mol. The van der Waals surface area contributed by atoms with Crippen molar-refractivity contribution in [2.45, 2.75) is 33.7 Å². The molecule has 1 aromatic heterocycles. The van der Waals surface area contributed by atoms with Crippen LogP contribution in [0.5, 0.6) is 0 Å². The molecule has 0 bridgehead atoms. The summed E-state index contributed by atoms with van der Waals surface area (Å²) in [6.45, 7) is 11.2. The van der Waals surface area contributed by atoms with E-state index in [1.165, 1.54) is 25.1 Å². The molecule has 100 valence electrons. The molecule has 0 aliphatic carbocycles. The summed E-state index contributed by atoms with van der Waals surface area (Å²) in [5.41, 5.74) is 1.37. The number of pyridine rings is 1. The average molecular weight is 247 g/mol. The lowest BCUT2D eigenvalue weighted by Gasteiger charge is -2.18. The van der Waals surface area contributed by atoms with Crippen LogP contribution in [0, 0.1) is 11.8 Å². The Hall–Kier alpha value is -1.09. The highest BCUT2D eigenvalue weighted by Crippen LogP contribution is 2.25. The molecule has 1 aromatic rings. The molecule has 1 atom stereocenters. The number of hydrogen-bond acceptors (Lipinski definition) is 3. The van der Waals surface area contributed by atoms with Gasteiger partial charge in [0.1, 0.15) is 5.82 Å². The largest absolute Gasteiger partial charge is 0.370 e. The van der Waals surface area contributed by atoms with Gasteiger partial charge in [-0.25, -0.2) is 4.98 Å². The molecule has 0 radical (unpaired) electrons. The molecule has 0 amide bonds. The Kier molecular flexibility index (Phi) is 4.59. The average Bonchev–Trinajstić information content (AvgIpc) is 2.78. The molecular formula is C15H25N3. The zero-order chi connectivity index (χ0) is 13.0. The van der Waals surface area contributed by atoms with Gasteiger partial charge in [0.15, 0.2) is 0 Å². The van der Waals surface area contributed by atoms with Gasteiger partial charge in [-0.05, 0) is 49.4 Å². The molecule has 1 fully saturated rings. The molecule has 0 aromatic carbocycles. The van der Waals surface area contributed by atoms with E-state index in [2.05, 4.69) is 48.1 Å². The third kappa shape index (κ3) is 3.45. The zero-order valence-electron chi connectivity index (χ0n) is 11.8. The minimum Gasteiger partial charge on any atom is -0.370 e.